The molecule has 0 bridgehead atoms. The molecule has 2 aromatic heterocycles. The minimum Gasteiger partial charge on any atom is -0.462 e. The second kappa shape index (κ2) is 10.7. The van der Waals surface area contributed by atoms with Gasteiger partial charge in [-0.3, -0.25) is 4.79 Å². The maximum atomic E-state index is 12.3. The number of hydrogen-bond donors (Lipinski definition) is 2. The van der Waals surface area contributed by atoms with Crippen LogP contribution in [0, 0.1) is 6.92 Å². The van der Waals surface area contributed by atoms with Crippen molar-refractivity contribution in [1.82, 2.24) is 4.98 Å². The lowest BCUT2D eigenvalue weighted by Gasteiger charge is -2.08. The number of esters is 2. The lowest BCUT2D eigenvalue weighted by Crippen LogP contribution is -2.22. The largest absolute Gasteiger partial charge is 0.462 e. The van der Waals surface area contributed by atoms with Gasteiger partial charge in [-0.1, -0.05) is 13.0 Å². The van der Waals surface area contributed by atoms with E-state index in [-0.39, 0.29) is 12.3 Å². The van der Waals surface area contributed by atoms with Crippen LogP contribution in [0.15, 0.2) is 18.0 Å². The van der Waals surface area contributed by atoms with Gasteiger partial charge < -0.3 is 20.1 Å². The smallest absolute Gasteiger partial charge is 0.358 e. The molecule has 0 spiro atoms. The van der Waals surface area contributed by atoms with Crippen molar-refractivity contribution in [3.05, 3.63) is 39.7 Å². The normalized spacial score (nSPS) is 10.3. The topological polar surface area (TPSA) is 107 Å². The summed E-state index contributed by atoms with van der Waals surface area (Å²) in [5.41, 5.74) is 1.30. The molecule has 1 amide bonds. The number of amides is 1. The number of aryl methyl sites for hydroxylation is 1. The van der Waals surface area contributed by atoms with Crippen molar-refractivity contribution in [3.63, 3.8) is 0 Å². The van der Waals surface area contributed by atoms with Crippen LogP contribution in [0.5, 0.6) is 0 Å². The zero-order valence-electron chi connectivity index (χ0n) is 16.5. The summed E-state index contributed by atoms with van der Waals surface area (Å²) in [5, 5.41) is 8.10. The summed E-state index contributed by atoms with van der Waals surface area (Å²) in [5.74, 6) is -1.73. The van der Waals surface area contributed by atoms with Gasteiger partial charge in [-0.25, -0.2) is 14.6 Å². The van der Waals surface area contributed by atoms with Gasteiger partial charge in [-0.15, -0.1) is 29.3 Å². The van der Waals surface area contributed by atoms with Gasteiger partial charge in [0.1, 0.15) is 5.00 Å². The van der Waals surface area contributed by atoms with E-state index < -0.39 is 24.5 Å². The summed E-state index contributed by atoms with van der Waals surface area (Å²) in [7, 11) is 0. The Kier molecular flexibility index (Phi) is 8.34. The van der Waals surface area contributed by atoms with Crippen LogP contribution in [0.4, 0.5) is 10.1 Å². The lowest BCUT2D eigenvalue weighted by atomic mass is 10.1. The van der Waals surface area contributed by atoms with E-state index in [9.17, 15) is 14.4 Å². The third-order valence-electron chi connectivity index (χ3n) is 3.74. The monoisotopic (exact) mass is 437 g/mol. The van der Waals surface area contributed by atoms with Crippen molar-refractivity contribution >= 4 is 50.7 Å². The number of nitrogens with zero attached hydrogens (tertiary/aromatic N) is 1. The van der Waals surface area contributed by atoms with Gasteiger partial charge in [-0.2, -0.15) is 0 Å². The highest BCUT2D eigenvalue weighted by Gasteiger charge is 2.24. The van der Waals surface area contributed by atoms with Crippen LogP contribution >= 0.6 is 22.7 Å². The molecule has 0 aliphatic heterocycles. The Balaban J connectivity index is 2.00. The lowest BCUT2D eigenvalue weighted by molar-refractivity contribution is -0.119. The summed E-state index contributed by atoms with van der Waals surface area (Å²) in [6.07, 6.45) is 2.30. The highest BCUT2D eigenvalue weighted by molar-refractivity contribution is 7.16. The highest BCUT2D eigenvalue weighted by Crippen LogP contribution is 2.34. The Bertz CT molecular complexity index is 904. The predicted molar refractivity (Wildman–Crippen MR) is 114 cm³/mol. The van der Waals surface area contributed by atoms with Crippen molar-refractivity contribution in [2.45, 2.75) is 27.2 Å². The number of nitrogens with one attached hydrogen (secondary N) is 2. The minimum atomic E-state index is -0.703. The molecule has 2 heterocycles. The molecule has 2 N–H and O–H groups in total. The van der Waals surface area contributed by atoms with Gasteiger partial charge in [0.05, 0.1) is 12.2 Å². The molecule has 0 radical (unpaired) electrons. The number of hydrogen-bond acceptors (Lipinski definition) is 9. The summed E-state index contributed by atoms with van der Waals surface area (Å²) >= 11 is 2.54. The number of thiophene rings is 1. The number of ether oxygens (including phenoxy) is 2. The second-order valence-corrected chi connectivity index (χ2v) is 7.83. The van der Waals surface area contributed by atoms with E-state index in [4.69, 9.17) is 9.47 Å². The van der Waals surface area contributed by atoms with Crippen LogP contribution in [0.1, 0.15) is 45.1 Å². The molecule has 0 saturated heterocycles. The third kappa shape index (κ3) is 5.88. The van der Waals surface area contributed by atoms with E-state index in [0.29, 0.717) is 28.7 Å². The molecule has 0 aliphatic rings. The number of anilines is 2. The number of carbonyl (C=O) groups is 3. The summed E-state index contributed by atoms with van der Waals surface area (Å²) in [6, 6.07) is 0. The van der Waals surface area contributed by atoms with E-state index in [1.54, 1.807) is 18.4 Å². The van der Waals surface area contributed by atoms with Crippen molar-refractivity contribution in [2.75, 3.05) is 30.4 Å². The Morgan fingerprint density at radius 1 is 1.24 bits per heavy atom. The molecule has 2 rings (SSSR count). The summed E-state index contributed by atoms with van der Waals surface area (Å²) in [4.78, 5) is 41.6. The molecule has 0 aromatic carbocycles. The molecule has 0 fully saturated rings. The average molecular weight is 438 g/mol. The molecular formula is C19H23N3O5S2. The van der Waals surface area contributed by atoms with Gasteiger partial charge in [0.25, 0.3) is 5.91 Å². The first-order valence-corrected chi connectivity index (χ1v) is 10.7. The molecule has 156 valence electrons. The fourth-order valence-corrected chi connectivity index (χ4v) is 4.33. The van der Waals surface area contributed by atoms with Gasteiger partial charge in [0, 0.05) is 16.8 Å². The standard InChI is InChI=1S/C19H23N3O5S2/c1-5-8-20-19-21-13(10-28-19)17(24)27-9-14(23)22-16-15(18(25)26-7-3)12(6-2)11(4)29-16/h5,10H,1,6-9H2,2-4H3,(H,20,21)(H,22,23). The number of rotatable bonds is 10. The summed E-state index contributed by atoms with van der Waals surface area (Å²) < 4.78 is 10.1. The molecular weight excluding hydrogens is 414 g/mol. The number of aromatic nitrogens is 1. The van der Waals surface area contributed by atoms with Crippen LogP contribution in [0.2, 0.25) is 0 Å². The molecule has 0 aliphatic carbocycles. The minimum absolute atomic E-state index is 0.113. The number of thiazole rings is 1. The molecule has 10 heteroatoms. The fraction of sp³-hybridized carbons (Fsp3) is 0.368. The van der Waals surface area contributed by atoms with Gasteiger partial charge in [-0.05, 0) is 25.8 Å². The molecule has 0 atom stereocenters. The van der Waals surface area contributed by atoms with Gasteiger partial charge in [0.15, 0.2) is 17.4 Å². The molecule has 0 saturated carbocycles. The second-order valence-electron chi connectivity index (χ2n) is 5.75. The number of carbonyl (C=O) groups excluding carboxylic acids is 3. The average Bonchev–Trinajstić information content (AvgIpc) is 3.28. The predicted octanol–water partition coefficient (Wildman–Crippen LogP) is 3.65. The Morgan fingerprint density at radius 3 is 2.66 bits per heavy atom. The van der Waals surface area contributed by atoms with Crippen molar-refractivity contribution in [2.24, 2.45) is 0 Å². The molecule has 8 nitrogen and oxygen atoms in total. The van der Waals surface area contributed by atoms with E-state index in [1.807, 2.05) is 13.8 Å². The van der Waals surface area contributed by atoms with Crippen molar-refractivity contribution in [1.29, 1.82) is 0 Å². The fourth-order valence-electron chi connectivity index (χ4n) is 2.49. The van der Waals surface area contributed by atoms with Crippen LogP contribution in [-0.2, 0) is 20.7 Å². The van der Waals surface area contributed by atoms with Crippen molar-refractivity contribution in [3.8, 4) is 0 Å². The highest BCUT2D eigenvalue weighted by atomic mass is 32.1. The van der Waals surface area contributed by atoms with Crippen molar-refractivity contribution < 1.29 is 23.9 Å². The van der Waals surface area contributed by atoms with E-state index in [1.165, 1.54) is 22.7 Å². The first kappa shape index (κ1) is 22.6. The molecule has 0 unspecified atom stereocenters. The van der Waals surface area contributed by atoms with Crippen LogP contribution < -0.4 is 10.6 Å². The van der Waals surface area contributed by atoms with E-state index in [2.05, 4.69) is 22.2 Å². The Labute approximate surface area is 176 Å². The zero-order chi connectivity index (χ0) is 21.4. The SMILES string of the molecule is C=CCNc1nc(C(=O)OCC(=O)Nc2sc(C)c(CC)c2C(=O)OCC)cs1. The first-order valence-electron chi connectivity index (χ1n) is 8.97. The molecule has 2 aromatic rings. The van der Waals surface area contributed by atoms with E-state index in [0.717, 1.165) is 10.4 Å². The molecule has 29 heavy (non-hydrogen) atoms. The maximum Gasteiger partial charge on any atom is 0.358 e. The summed E-state index contributed by atoms with van der Waals surface area (Å²) in [6.45, 7) is 9.38. The van der Waals surface area contributed by atoms with Crippen LogP contribution in [0.25, 0.3) is 0 Å². The zero-order valence-corrected chi connectivity index (χ0v) is 18.1. The third-order valence-corrected chi connectivity index (χ3v) is 5.60. The van der Waals surface area contributed by atoms with Crippen LogP contribution in [0.3, 0.4) is 0 Å². The van der Waals surface area contributed by atoms with Gasteiger partial charge >= 0.3 is 11.9 Å². The first-order chi connectivity index (χ1) is 13.9. The van der Waals surface area contributed by atoms with Crippen LogP contribution in [-0.4, -0.2) is 42.6 Å². The quantitative estimate of drug-likeness (QED) is 0.432. The Morgan fingerprint density at radius 2 is 2.00 bits per heavy atom. The van der Waals surface area contributed by atoms with Gasteiger partial charge in [0.2, 0.25) is 0 Å². The maximum absolute atomic E-state index is 12.3. The van der Waals surface area contributed by atoms with E-state index >= 15 is 0 Å². The Hall–Kier alpha value is -2.72.